The first-order chi connectivity index (χ1) is 9.34. The second-order valence-corrected chi connectivity index (χ2v) is 7.09. The maximum atomic E-state index is 5.98. The fourth-order valence-electron chi connectivity index (χ4n) is 5.42. The molecule has 2 aliphatic carbocycles. The van der Waals surface area contributed by atoms with Gasteiger partial charge in [0.2, 0.25) is 0 Å². The Hall–Kier alpha value is -0.530. The van der Waals surface area contributed by atoms with E-state index in [0.717, 1.165) is 30.2 Å². The molecule has 1 aliphatic heterocycles. The van der Waals surface area contributed by atoms with Crippen LogP contribution in [0.5, 0.6) is 0 Å². The Morgan fingerprint density at radius 3 is 2.84 bits per heavy atom. The van der Waals surface area contributed by atoms with Gasteiger partial charge in [-0.1, -0.05) is 30.3 Å². The Balaban J connectivity index is 1.74. The van der Waals surface area contributed by atoms with Crippen LogP contribution in [0.4, 0.5) is 0 Å². The summed E-state index contributed by atoms with van der Waals surface area (Å²) < 4.78 is 0. The molecule has 19 heavy (non-hydrogen) atoms. The summed E-state index contributed by atoms with van der Waals surface area (Å²) in [5, 5.41) is 0. The summed E-state index contributed by atoms with van der Waals surface area (Å²) in [6.45, 7) is 3.59. The number of halogens is 1. The molecule has 0 aromatic heterocycles. The predicted octanol–water partition coefficient (Wildman–Crippen LogP) is 3.52. The molecule has 1 aromatic rings. The van der Waals surface area contributed by atoms with E-state index in [0.29, 0.717) is 5.41 Å². The van der Waals surface area contributed by atoms with Gasteiger partial charge in [-0.2, -0.15) is 0 Å². The number of nitrogens with zero attached hydrogens (tertiary/aromatic N) is 1. The number of rotatable bonds is 3. The van der Waals surface area contributed by atoms with E-state index in [1.165, 1.54) is 32.4 Å². The van der Waals surface area contributed by atoms with Crippen LogP contribution in [-0.2, 0) is 5.41 Å². The Morgan fingerprint density at radius 1 is 1.21 bits per heavy atom. The topological polar surface area (TPSA) is 3.24 Å². The molecule has 0 spiro atoms. The Labute approximate surface area is 120 Å². The third-order valence-corrected chi connectivity index (χ3v) is 6.25. The molecular formula is C17H22ClN. The first-order valence-corrected chi connectivity index (χ1v) is 8.22. The van der Waals surface area contributed by atoms with Gasteiger partial charge in [0.15, 0.2) is 0 Å². The molecule has 3 aliphatic rings. The quantitative estimate of drug-likeness (QED) is 0.763. The van der Waals surface area contributed by atoms with E-state index in [9.17, 15) is 0 Å². The summed E-state index contributed by atoms with van der Waals surface area (Å²) in [5.41, 5.74) is 2.06. The van der Waals surface area contributed by atoms with Gasteiger partial charge in [0, 0.05) is 30.9 Å². The van der Waals surface area contributed by atoms with E-state index in [1.54, 1.807) is 5.56 Å². The monoisotopic (exact) mass is 275 g/mol. The summed E-state index contributed by atoms with van der Waals surface area (Å²) in [6.07, 6.45) is 4.40. The lowest BCUT2D eigenvalue weighted by molar-refractivity contribution is 0.222. The molecular weight excluding hydrogens is 254 g/mol. The number of alkyl halides is 1. The van der Waals surface area contributed by atoms with Crippen molar-refractivity contribution < 1.29 is 0 Å². The highest BCUT2D eigenvalue weighted by atomic mass is 35.5. The molecule has 1 heterocycles. The van der Waals surface area contributed by atoms with E-state index >= 15 is 0 Å². The SMILES string of the molecule is ClCCN1CC2C3CCC(C3)C2(c2ccccc2)C1. The molecule has 1 saturated heterocycles. The van der Waals surface area contributed by atoms with Crippen molar-refractivity contribution in [2.24, 2.45) is 17.8 Å². The minimum Gasteiger partial charge on any atom is -0.301 e. The molecule has 3 fully saturated rings. The lowest BCUT2D eigenvalue weighted by atomic mass is 9.64. The van der Waals surface area contributed by atoms with E-state index in [2.05, 4.69) is 35.2 Å². The smallest absolute Gasteiger partial charge is 0.0351 e. The maximum Gasteiger partial charge on any atom is 0.0351 e. The molecule has 4 rings (SSSR count). The van der Waals surface area contributed by atoms with Gasteiger partial charge in [0.1, 0.15) is 0 Å². The Morgan fingerprint density at radius 2 is 2.05 bits per heavy atom. The molecule has 4 atom stereocenters. The summed E-state index contributed by atoms with van der Waals surface area (Å²) >= 11 is 5.98. The molecule has 2 saturated carbocycles. The minimum atomic E-state index is 0.455. The van der Waals surface area contributed by atoms with E-state index in [4.69, 9.17) is 11.6 Å². The first-order valence-electron chi connectivity index (χ1n) is 7.68. The van der Waals surface area contributed by atoms with Crippen LogP contribution in [0.3, 0.4) is 0 Å². The van der Waals surface area contributed by atoms with Gasteiger partial charge < -0.3 is 4.90 Å². The molecule has 1 aromatic carbocycles. The fraction of sp³-hybridized carbons (Fsp3) is 0.647. The second kappa shape index (κ2) is 4.49. The van der Waals surface area contributed by atoms with E-state index in [1.807, 2.05) is 0 Å². The van der Waals surface area contributed by atoms with Gasteiger partial charge in [0.05, 0.1) is 0 Å². The van der Waals surface area contributed by atoms with Gasteiger partial charge in [-0.05, 0) is 42.6 Å². The van der Waals surface area contributed by atoms with Gasteiger partial charge in [0.25, 0.3) is 0 Å². The lowest BCUT2D eigenvalue weighted by Gasteiger charge is -2.39. The average molecular weight is 276 g/mol. The van der Waals surface area contributed by atoms with Crippen molar-refractivity contribution in [3.05, 3.63) is 35.9 Å². The van der Waals surface area contributed by atoms with Crippen molar-refractivity contribution in [3.8, 4) is 0 Å². The van der Waals surface area contributed by atoms with Crippen molar-refractivity contribution in [1.82, 2.24) is 4.90 Å². The molecule has 0 radical (unpaired) electrons. The summed E-state index contributed by atoms with van der Waals surface area (Å²) in [6, 6.07) is 11.3. The second-order valence-electron chi connectivity index (χ2n) is 6.71. The highest BCUT2D eigenvalue weighted by molar-refractivity contribution is 6.18. The first kappa shape index (κ1) is 12.2. The fourth-order valence-corrected chi connectivity index (χ4v) is 5.66. The lowest BCUT2D eigenvalue weighted by Crippen LogP contribution is -2.40. The van der Waals surface area contributed by atoms with Crippen LogP contribution in [0.15, 0.2) is 30.3 Å². The zero-order valence-electron chi connectivity index (χ0n) is 11.4. The van der Waals surface area contributed by atoms with Gasteiger partial charge in [-0.25, -0.2) is 0 Å². The number of benzene rings is 1. The van der Waals surface area contributed by atoms with Gasteiger partial charge >= 0.3 is 0 Å². The molecule has 2 heteroatoms. The van der Waals surface area contributed by atoms with Crippen LogP contribution in [0.2, 0.25) is 0 Å². The number of hydrogen-bond acceptors (Lipinski definition) is 1. The highest BCUT2D eigenvalue weighted by Gasteiger charge is 2.62. The van der Waals surface area contributed by atoms with Crippen molar-refractivity contribution in [1.29, 1.82) is 0 Å². The van der Waals surface area contributed by atoms with Gasteiger partial charge in [-0.3, -0.25) is 0 Å². The van der Waals surface area contributed by atoms with Crippen LogP contribution in [-0.4, -0.2) is 30.4 Å². The largest absolute Gasteiger partial charge is 0.301 e. The van der Waals surface area contributed by atoms with Crippen LogP contribution in [0.1, 0.15) is 24.8 Å². The van der Waals surface area contributed by atoms with E-state index < -0.39 is 0 Å². The summed E-state index contributed by atoms with van der Waals surface area (Å²) in [7, 11) is 0. The average Bonchev–Trinajstić information content (AvgIpc) is 3.10. The van der Waals surface area contributed by atoms with Crippen LogP contribution < -0.4 is 0 Å². The number of likely N-dealkylation sites (tertiary alicyclic amines) is 1. The number of hydrogen-bond donors (Lipinski definition) is 0. The maximum absolute atomic E-state index is 5.98. The Kier molecular flexibility index (Phi) is 2.89. The number of fused-ring (bicyclic) bond motifs is 5. The van der Waals surface area contributed by atoms with Crippen molar-refractivity contribution in [2.75, 3.05) is 25.5 Å². The van der Waals surface area contributed by atoms with Gasteiger partial charge in [-0.15, -0.1) is 11.6 Å². The minimum absolute atomic E-state index is 0.455. The molecule has 102 valence electrons. The molecule has 2 bridgehead atoms. The zero-order chi connectivity index (χ0) is 12.9. The third-order valence-electron chi connectivity index (χ3n) is 6.08. The highest BCUT2D eigenvalue weighted by Crippen LogP contribution is 2.63. The molecule has 4 unspecified atom stereocenters. The zero-order valence-corrected chi connectivity index (χ0v) is 12.1. The van der Waals surface area contributed by atoms with Crippen molar-refractivity contribution in [2.45, 2.75) is 24.7 Å². The predicted molar refractivity (Wildman–Crippen MR) is 79.6 cm³/mol. The van der Waals surface area contributed by atoms with Crippen LogP contribution >= 0.6 is 11.6 Å². The summed E-state index contributed by atoms with van der Waals surface area (Å²) in [5.74, 6) is 3.56. The molecule has 0 N–H and O–H groups in total. The van der Waals surface area contributed by atoms with Crippen LogP contribution in [0, 0.1) is 17.8 Å². The summed E-state index contributed by atoms with van der Waals surface area (Å²) in [4.78, 5) is 2.62. The standard InChI is InChI=1S/C17H22ClN/c18-8-9-19-11-16-13-6-7-15(10-13)17(16,12-19)14-4-2-1-3-5-14/h1-5,13,15-16H,6-12H2. The van der Waals surface area contributed by atoms with E-state index in [-0.39, 0.29) is 0 Å². The molecule has 0 amide bonds. The molecule has 1 nitrogen and oxygen atoms in total. The van der Waals surface area contributed by atoms with Crippen molar-refractivity contribution >= 4 is 11.6 Å². The third kappa shape index (κ3) is 1.64. The normalized spacial score (nSPS) is 40.8. The Bertz CT molecular complexity index is 460. The van der Waals surface area contributed by atoms with Crippen LogP contribution in [0.25, 0.3) is 0 Å². The van der Waals surface area contributed by atoms with Crippen molar-refractivity contribution in [3.63, 3.8) is 0 Å².